The number of hydrogen-bond donors (Lipinski definition) is 1. The van der Waals surface area contributed by atoms with Crippen molar-refractivity contribution in [2.45, 2.75) is 12.8 Å². The van der Waals surface area contributed by atoms with E-state index in [1.807, 2.05) is 0 Å². The lowest BCUT2D eigenvalue weighted by Gasteiger charge is -2.10. The number of carbonyl (C=O) groups is 3. The fourth-order valence-corrected chi connectivity index (χ4v) is 2.67. The highest BCUT2D eigenvalue weighted by atomic mass is 35.5. The summed E-state index contributed by atoms with van der Waals surface area (Å²) in [5, 5.41) is 3.53. The van der Waals surface area contributed by atoms with E-state index >= 15 is 0 Å². The van der Waals surface area contributed by atoms with Crippen LogP contribution in [0.1, 0.15) is 32.7 Å². The zero-order valence-electron chi connectivity index (χ0n) is 14.7. The largest absolute Gasteiger partial charge is 0.465 e. The van der Waals surface area contributed by atoms with E-state index in [-0.39, 0.29) is 29.1 Å². The topological polar surface area (TPSA) is 81.7 Å². The average molecular weight is 410 g/mol. The van der Waals surface area contributed by atoms with Crippen LogP contribution in [0.2, 0.25) is 10.0 Å². The molecule has 2 aromatic carbocycles. The molecule has 0 aliphatic heterocycles. The molecule has 0 unspecified atom stereocenters. The molecule has 8 heteroatoms. The summed E-state index contributed by atoms with van der Waals surface area (Å²) in [6, 6.07) is 9.34. The Hall–Kier alpha value is -2.57. The molecule has 0 aliphatic rings. The molecule has 2 aromatic rings. The van der Waals surface area contributed by atoms with Crippen molar-refractivity contribution in [3.8, 4) is 0 Å². The zero-order valence-corrected chi connectivity index (χ0v) is 16.2. The SMILES string of the molecule is COC(=O)c1cc(NC(=O)CCc2ccc(Cl)c(Cl)c2)cc(C(=O)OC)c1. The lowest BCUT2D eigenvalue weighted by molar-refractivity contribution is -0.116. The number of methoxy groups -OCH3 is 2. The van der Waals surface area contributed by atoms with Gasteiger partial charge in [-0.15, -0.1) is 0 Å². The van der Waals surface area contributed by atoms with Crippen molar-refractivity contribution in [3.05, 3.63) is 63.1 Å². The molecule has 1 N–H and O–H groups in total. The van der Waals surface area contributed by atoms with Crippen LogP contribution in [-0.4, -0.2) is 32.1 Å². The average Bonchev–Trinajstić information content (AvgIpc) is 2.67. The summed E-state index contributed by atoms with van der Waals surface area (Å²) >= 11 is 11.8. The molecule has 0 fully saturated rings. The van der Waals surface area contributed by atoms with Crippen molar-refractivity contribution in [2.24, 2.45) is 0 Å². The van der Waals surface area contributed by atoms with Crippen molar-refractivity contribution < 1.29 is 23.9 Å². The number of carbonyl (C=O) groups excluding carboxylic acids is 3. The Morgan fingerprint density at radius 2 is 1.48 bits per heavy atom. The summed E-state index contributed by atoms with van der Waals surface area (Å²) in [6.07, 6.45) is 0.622. The Balaban J connectivity index is 2.12. The van der Waals surface area contributed by atoms with Crippen LogP contribution in [0.25, 0.3) is 0 Å². The molecule has 142 valence electrons. The quantitative estimate of drug-likeness (QED) is 0.724. The molecule has 0 spiro atoms. The normalized spacial score (nSPS) is 10.2. The number of halogens is 2. The van der Waals surface area contributed by atoms with E-state index in [2.05, 4.69) is 14.8 Å². The zero-order chi connectivity index (χ0) is 20.0. The Bertz CT molecular complexity index is 848. The molecule has 0 aromatic heterocycles. The van der Waals surface area contributed by atoms with Gasteiger partial charge in [0.1, 0.15) is 0 Å². The maximum Gasteiger partial charge on any atom is 0.337 e. The number of hydrogen-bond acceptors (Lipinski definition) is 5. The molecule has 27 heavy (non-hydrogen) atoms. The van der Waals surface area contributed by atoms with E-state index < -0.39 is 11.9 Å². The summed E-state index contributed by atoms with van der Waals surface area (Å²) in [5.74, 6) is -1.56. The maximum atomic E-state index is 12.2. The minimum Gasteiger partial charge on any atom is -0.465 e. The molecule has 0 saturated carbocycles. The van der Waals surface area contributed by atoms with Gasteiger partial charge in [-0.1, -0.05) is 29.3 Å². The molecule has 0 radical (unpaired) electrons. The van der Waals surface area contributed by atoms with E-state index in [0.29, 0.717) is 16.5 Å². The molecule has 6 nitrogen and oxygen atoms in total. The van der Waals surface area contributed by atoms with Crippen molar-refractivity contribution >= 4 is 46.7 Å². The highest BCUT2D eigenvalue weighted by Gasteiger charge is 2.15. The Kier molecular flexibility index (Phi) is 7.21. The first-order valence-electron chi connectivity index (χ1n) is 7.89. The predicted octanol–water partition coefficient (Wildman–Crippen LogP) is 4.14. The number of rotatable bonds is 6. The highest BCUT2D eigenvalue weighted by Crippen LogP contribution is 2.23. The van der Waals surface area contributed by atoms with Crippen LogP contribution >= 0.6 is 23.2 Å². The van der Waals surface area contributed by atoms with Crippen LogP contribution in [-0.2, 0) is 20.7 Å². The van der Waals surface area contributed by atoms with Crippen molar-refractivity contribution in [1.29, 1.82) is 0 Å². The fourth-order valence-electron chi connectivity index (χ4n) is 2.35. The van der Waals surface area contributed by atoms with Crippen LogP contribution in [0.3, 0.4) is 0 Å². The number of nitrogens with one attached hydrogen (secondary N) is 1. The highest BCUT2D eigenvalue weighted by molar-refractivity contribution is 6.42. The summed E-state index contributed by atoms with van der Waals surface area (Å²) in [4.78, 5) is 35.8. The first kappa shape index (κ1) is 20.7. The van der Waals surface area contributed by atoms with E-state index in [1.54, 1.807) is 18.2 Å². The predicted molar refractivity (Wildman–Crippen MR) is 103 cm³/mol. The van der Waals surface area contributed by atoms with Crippen LogP contribution in [0.5, 0.6) is 0 Å². The second kappa shape index (κ2) is 9.39. The molecular weight excluding hydrogens is 393 g/mol. The molecule has 0 aliphatic carbocycles. The smallest absolute Gasteiger partial charge is 0.337 e. The van der Waals surface area contributed by atoms with Gasteiger partial charge in [0.25, 0.3) is 0 Å². The van der Waals surface area contributed by atoms with Crippen molar-refractivity contribution in [3.63, 3.8) is 0 Å². The molecule has 0 saturated heterocycles. The van der Waals surface area contributed by atoms with Gasteiger partial charge in [0, 0.05) is 12.1 Å². The first-order chi connectivity index (χ1) is 12.8. The minimum absolute atomic E-state index is 0.125. The number of benzene rings is 2. The monoisotopic (exact) mass is 409 g/mol. The Morgan fingerprint density at radius 1 is 0.889 bits per heavy atom. The summed E-state index contributed by atoms with van der Waals surface area (Å²) in [7, 11) is 2.45. The first-order valence-corrected chi connectivity index (χ1v) is 8.65. The third-order valence-electron chi connectivity index (χ3n) is 3.68. The van der Waals surface area contributed by atoms with Gasteiger partial charge in [0.2, 0.25) is 5.91 Å². The van der Waals surface area contributed by atoms with Gasteiger partial charge in [0.05, 0.1) is 35.4 Å². The van der Waals surface area contributed by atoms with Crippen LogP contribution in [0.15, 0.2) is 36.4 Å². The van der Waals surface area contributed by atoms with Gasteiger partial charge in [0.15, 0.2) is 0 Å². The number of anilines is 1. The standard InChI is InChI=1S/C19H17Cl2NO5/c1-26-18(24)12-8-13(19(25)27-2)10-14(9-12)22-17(23)6-4-11-3-5-15(20)16(21)7-11/h3,5,7-10H,4,6H2,1-2H3,(H,22,23). The molecule has 2 rings (SSSR count). The summed E-state index contributed by atoms with van der Waals surface area (Å²) in [5.41, 5.74) is 1.40. The lowest BCUT2D eigenvalue weighted by atomic mass is 10.1. The summed E-state index contributed by atoms with van der Waals surface area (Å²) < 4.78 is 9.33. The fraction of sp³-hybridized carbons (Fsp3) is 0.211. The second-order valence-corrected chi connectivity index (χ2v) is 6.39. The third-order valence-corrected chi connectivity index (χ3v) is 4.42. The van der Waals surface area contributed by atoms with Crippen molar-refractivity contribution in [2.75, 3.05) is 19.5 Å². The van der Waals surface area contributed by atoms with E-state index in [9.17, 15) is 14.4 Å². The Labute approximate surface area is 166 Å². The molecular formula is C19H17Cl2NO5. The van der Waals surface area contributed by atoms with Crippen LogP contribution in [0, 0.1) is 0 Å². The van der Waals surface area contributed by atoms with Gasteiger partial charge in [-0.25, -0.2) is 9.59 Å². The number of esters is 2. The lowest BCUT2D eigenvalue weighted by Crippen LogP contribution is -2.14. The van der Waals surface area contributed by atoms with E-state index in [1.165, 1.54) is 32.4 Å². The Morgan fingerprint density at radius 3 is 2.00 bits per heavy atom. The number of ether oxygens (including phenoxy) is 2. The van der Waals surface area contributed by atoms with Crippen LogP contribution in [0.4, 0.5) is 5.69 Å². The van der Waals surface area contributed by atoms with Crippen LogP contribution < -0.4 is 5.32 Å². The van der Waals surface area contributed by atoms with Gasteiger partial charge in [-0.2, -0.15) is 0 Å². The molecule has 0 atom stereocenters. The third kappa shape index (κ3) is 5.70. The van der Waals surface area contributed by atoms with E-state index in [0.717, 1.165) is 5.56 Å². The van der Waals surface area contributed by atoms with Gasteiger partial charge < -0.3 is 14.8 Å². The van der Waals surface area contributed by atoms with Gasteiger partial charge >= 0.3 is 11.9 Å². The van der Waals surface area contributed by atoms with Gasteiger partial charge in [-0.05, 0) is 42.3 Å². The molecule has 0 bridgehead atoms. The molecule has 0 heterocycles. The van der Waals surface area contributed by atoms with Crippen molar-refractivity contribution in [1.82, 2.24) is 0 Å². The molecule has 1 amide bonds. The number of amides is 1. The maximum absolute atomic E-state index is 12.2. The summed E-state index contributed by atoms with van der Waals surface area (Å²) in [6.45, 7) is 0. The second-order valence-electron chi connectivity index (χ2n) is 5.58. The number of aryl methyl sites for hydroxylation is 1. The minimum atomic E-state index is -0.632. The van der Waals surface area contributed by atoms with Gasteiger partial charge in [-0.3, -0.25) is 4.79 Å². The van der Waals surface area contributed by atoms with E-state index in [4.69, 9.17) is 23.2 Å².